The molecule has 0 fully saturated rings. The zero-order valence-electron chi connectivity index (χ0n) is 13.6. The summed E-state index contributed by atoms with van der Waals surface area (Å²) >= 11 is 0. The number of carbonyl (C=O) groups is 2. The van der Waals surface area contributed by atoms with Gasteiger partial charge in [0.1, 0.15) is 5.75 Å². The van der Waals surface area contributed by atoms with Gasteiger partial charge in [-0.15, -0.1) is 0 Å². The average Bonchev–Trinajstić information content (AvgIpc) is 2.82. The summed E-state index contributed by atoms with van der Waals surface area (Å²) in [6, 6.07) is 11.5. The topological polar surface area (TPSA) is 99.8 Å². The van der Waals surface area contributed by atoms with Gasteiger partial charge in [-0.1, -0.05) is 24.3 Å². The van der Waals surface area contributed by atoms with Gasteiger partial charge in [0.15, 0.2) is 0 Å². The molecule has 0 radical (unpaired) electrons. The van der Waals surface area contributed by atoms with Crippen molar-refractivity contribution in [3.05, 3.63) is 64.8 Å². The van der Waals surface area contributed by atoms with Crippen molar-refractivity contribution in [2.24, 2.45) is 0 Å². The second-order valence-corrected chi connectivity index (χ2v) is 5.89. The number of phenolic OH excluding ortho intramolecular Hbond substituents is 1. The summed E-state index contributed by atoms with van der Waals surface area (Å²) in [6.45, 7) is 2.18. The quantitative estimate of drug-likeness (QED) is 0.663. The largest absolute Gasteiger partial charge is 0.508 e. The van der Waals surface area contributed by atoms with E-state index in [0.717, 1.165) is 11.3 Å². The number of aromatic nitrogens is 1. The molecule has 0 aliphatic carbocycles. The van der Waals surface area contributed by atoms with Gasteiger partial charge in [-0.3, -0.25) is 4.79 Å². The van der Waals surface area contributed by atoms with Gasteiger partial charge in [-0.2, -0.15) is 0 Å². The number of aliphatic carboxylic acids is 1. The van der Waals surface area contributed by atoms with Crippen molar-refractivity contribution < 1.29 is 24.9 Å². The van der Waals surface area contributed by atoms with E-state index in [1.165, 1.54) is 6.07 Å². The van der Waals surface area contributed by atoms with Crippen molar-refractivity contribution in [1.29, 1.82) is 0 Å². The Morgan fingerprint density at radius 2 is 1.72 bits per heavy atom. The predicted molar refractivity (Wildman–Crippen MR) is 92.2 cm³/mol. The normalized spacial score (nSPS) is 10.9. The summed E-state index contributed by atoms with van der Waals surface area (Å²) in [5, 5.41) is 28.8. The number of benzene rings is 2. The molecule has 1 aromatic heterocycles. The van der Waals surface area contributed by atoms with Crippen molar-refractivity contribution in [2.45, 2.75) is 19.9 Å². The fourth-order valence-corrected chi connectivity index (χ4v) is 3.13. The molecule has 0 unspecified atom stereocenters. The highest BCUT2D eigenvalue weighted by molar-refractivity contribution is 6.04. The minimum Gasteiger partial charge on any atom is -0.508 e. The Labute approximate surface area is 143 Å². The highest BCUT2D eigenvalue weighted by Crippen LogP contribution is 2.30. The minimum absolute atomic E-state index is 0.135. The number of fused-ring (bicyclic) bond motifs is 1. The number of aromatic hydroxyl groups is 1. The molecule has 0 saturated carbocycles. The number of carboxylic acid groups (broad SMARTS) is 2. The molecule has 3 N–H and O–H groups in total. The standard InChI is InChI=1S/C19H17NO5/c1-11-16(9-17(22)23)14-3-2-4-15(19(24)25)18(14)20(11)10-12-5-7-13(21)8-6-12/h2-8,21H,9-10H2,1H3,(H,22,23)(H,24,25). The Bertz CT molecular complexity index is 970. The monoisotopic (exact) mass is 339 g/mol. The van der Waals surface area contributed by atoms with E-state index < -0.39 is 11.9 Å². The highest BCUT2D eigenvalue weighted by Gasteiger charge is 2.21. The van der Waals surface area contributed by atoms with Crippen LogP contribution in [0, 0.1) is 6.92 Å². The lowest BCUT2D eigenvalue weighted by atomic mass is 10.1. The molecular formula is C19H17NO5. The molecule has 2 aromatic carbocycles. The lowest BCUT2D eigenvalue weighted by Crippen LogP contribution is -2.07. The van der Waals surface area contributed by atoms with E-state index in [0.29, 0.717) is 23.0 Å². The summed E-state index contributed by atoms with van der Waals surface area (Å²) in [5.74, 6) is -1.87. The zero-order chi connectivity index (χ0) is 18.1. The Morgan fingerprint density at radius 1 is 1.04 bits per heavy atom. The number of nitrogens with zero attached hydrogens (tertiary/aromatic N) is 1. The molecule has 0 saturated heterocycles. The Balaban J connectivity index is 2.24. The van der Waals surface area contributed by atoms with Crippen LogP contribution in [-0.2, 0) is 17.8 Å². The Hall–Kier alpha value is -3.28. The number of phenols is 1. The molecule has 0 amide bonds. The molecule has 0 spiro atoms. The van der Waals surface area contributed by atoms with E-state index in [4.69, 9.17) is 0 Å². The number of aromatic carboxylic acids is 1. The maximum Gasteiger partial charge on any atom is 0.337 e. The van der Waals surface area contributed by atoms with Crippen molar-refractivity contribution in [1.82, 2.24) is 4.57 Å². The van der Waals surface area contributed by atoms with Crippen molar-refractivity contribution in [2.75, 3.05) is 0 Å². The second-order valence-electron chi connectivity index (χ2n) is 5.89. The van der Waals surface area contributed by atoms with Crippen LogP contribution in [0.15, 0.2) is 42.5 Å². The van der Waals surface area contributed by atoms with Gasteiger partial charge in [0.25, 0.3) is 0 Å². The molecule has 1 heterocycles. The number of carboxylic acids is 2. The first-order chi connectivity index (χ1) is 11.9. The smallest absolute Gasteiger partial charge is 0.337 e. The number of para-hydroxylation sites is 1. The van der Waals surface area contributed by atoms with E-state index in [9.17, 15) is 24.9 Å². The van der Waals surface area contributed by atoms with Crippen molar-refractivity contribution >= 4 is 22.8 Å². The van der Waals surface area contributed by atoms with E-state index in [1.54, 1.807) is 43.3 Å². The molecule has 3 rings (SSSR count). The zero-order valence-corrected chi connectivity index (χ0v) is 13.6. The lowest BCUT2D eigenvalue weighted by molar-refractivity contribution is -0.136. The molecule has 25 heavy (non-hydrogen) atoms. The first-order valence-corrected chi connectivity index (χ1v) is 7.72. The summed E-state index contributed by atoms with van der Waals surface area (Å²) in [6.07, 6.45) is -0.173. The van der Waals surface area contributed by atoms with Gasteiger partial charge in [0, 0.05) is 17.6 Å². The van der Waals surface area contributed by atoms with Crippen LogP contribution in [0.1, 0.15) is 27.2 Å². The second kappa shape index (κ2) is 6.32. The first kappa shape index (κ1) is 16.6. The molecule has 128 valence electrons. The van der Waals surface area contributed by atoms with Crippen LogP contribution in [0.5, 0.6) is 5.75 Å². The summed E-state index contributed by atoms with van der Waals surface area (Å²) in [7, 11) is 0. The fourth-order valence-electron chi connectivity index (χ4n) is 3.13. The molecule has 3 aromatic rings. The third-order valence-corrected chi connectivity index (χ3v) is 4.31. The van der Waals surface area contributed by atoms with Gasteiger partial charge >= 0.3 is 11.9 Å². The van der Waals surface area contributed by atoms with Gasteiger partial charge in [0.2, 0.25) is 0 Å². The average molecular weight is 339 g/mol. The van der Waals surface area contributed by atoms with Crippen LogP contribution in [0.25, 0.3) is 10.9 Å². The summed E-state index contributed by atoms with van der Waals surface area (Å²) in [5.41, 5.74) is 2.86. The number of hydrogen-bond acceptors (Lipinski definition) is 3. The van der Waals surface area contributed by atoms with Gasteiger partial charge in [0.05, 0.1) is 17.5 Å². The molecule has 6 heteroatoms. The van der Waals surface area contributed by atoms with Crippen LogP contribution >= 0.6 is 0 Å². The Morgan fingerprint density at radius 3 is 2.32 bits per heavy atom. The molecular weight excluding hydrogens is 322 g/mol. The van der Waals surface area contributed by atoms with Crippen LogP contribution in [0.2, 0.25) is 0 Å². The van der Waals surface area contributed by atoms with E-state index in [-0.39, 0.29) is 17.7 Å². The van der Waals surface area contributed by atoms with Crippen LogP contribution in [-0.4, -0.2) is 31.8 Å². The maximum absolute atomic E-state index is 11.6. The lowest BCUT2D eigenvalue weighted by Gasteiger charge is -2.10. The molecule has 0 aliphatic rings. The first-order valence-electron chi connectivity index (χ1n) is 7.72. The molecule has 6 nitrogen and oxygen atoms in total. The molecule has 0 bridgehead atoms. The third-order valence-electron chi connectivity index (χ3n) is 4.31. The third kappa shape index (κ3) is 3.06. The van der Waals surface area contributed by atoms with E-state index >= 15 is 0 Å². The van der Waals surface area contributed by atoms with Crippen molar-refractivity contribution in [3.8, 4) is 5.75 Å². The van der Waals surface area contributed by atoms with E-state index in [2.05, 4.69) is 0 Å². The number of hydrogen-bond donors (Lipinski definition) is 3. The molecule has 0 aliphatic heterocycles. The summed E-state index contributed by atoms with van der Waals surface area (Å²) in [4.78, 5) is 22.9. The SMILES string of the molecule is Cc1c(CC(=O)O)c2cccc(C(=O)O)c2n1Cc1ccc(O)cc1. The highest BCUT2D eigenvalue weighted by atomic mass is 16.4. The van der Waals surface area contributed by atoms with Gasteiger partial charge in [-0.25, -0.2) is 4.79 Å². The fraction of sp³-hybridized carbons (Fsp3) is 0.158. The Kier molecular flexibility index (Phi) is 4.19. The number of rotatable bonds is 5. The van der Waals surface area contributed by atoms with Crippen LogP contribution in [0.4, 0.5) is 0 Å². The maximum atomic E-state index is 11.6. The van der Waals surface area contributed by atoms with Crippen LogP contribution < -0.4 is 0 Å². The molecule has 0 atom stereocenters. The van der Waals surface area contributed by atoms with Gasteiger partial charge in [-0.05, 0) is 36.2 Å². The van der Waals surface area contributed by atoms with Crippen molar-refractivity contribution in [3.63, 3.8) is 0 Å². The summed E-state index contributed by atoms with van der Waals surface area (Å²) < 4.78 is 1.82. The van der Waals surface area contributed by atoms with Gasteiger partial charge < -0.3 is 19.9 Å². The predicted octanol–water partition coefficient (Wildman–Crippen LogP) is 3.03. The minimum atomic E-state index is -1.06. The van der Waals surface area contributed by atoms with E-state index in [1.807, 2.05) is 4.57 Å². The van der Waals surface area contributed by atoms with Crippen LogP contribution in [0.3, 0.4) is 0 Å².